The third-order valence-corrected chi connectivity index (χ3v) is 5.09. The highest BCUT2D eigenvalue weighted by atomic mass is 79.9. The van der Waals surface area contributed by atoms with Gasteiger partial charge in [0.1, 0.15) is 12.2 Å². The summed E-state index contributed by atoms with van der Waals surface area (Å²) in [6.45, 7) is 0.278. The summed E-state index contributed by atoms with van der Waals surface area (Å²) in [5.74, 6) is -0.435. The number of hydrogen-bond donors (Lipinski definition) is 2. The van der Waals surface area contributed by atoms with Gasteiger partial charge in [-0.15, -0.1) is 0 Å². The van der Waals surface area contributed by atoms with Gasteiger partial charge in [-0.1, -0.05) is 45.7 Å². The Labute approximate surface area is 180 Å². The Kier molecular flexibility index (Phi) is 6.33. The second-order valence-electron chi connectivity index (χ2n) is 5.71. The van der Waals surface area contributed by atoms with Gasteiger partial charge in [0.05, 0.1) is 12.1 Å². The van der Waals surface area contributed by atoms with Gasteiger partial charge in [0.25, 0.3) is 11.8 Å². The molecule has 1 saturated heterocycles. The number of halogens is 2. The monoisotopic (exact) mass is 480 g/mol. The third kappa shape index (κ3) is 4.52. The zero-order valence-electron chi connectivity index (χ0n) is 14.5. The molecule has 0 aliphatic carbocycles. The topological polar surface area (TPSA) is 76.7 Å². The first-order chi connectivity index (χ1) is 13.4. The van der Waals surface area contributed by atoms with Crippen LogP contribution >= 0.6 is 39.7 Å². The number of nitrogens with one attached hydrogen (secondary N) is 2. The molecule has 2 aromatic carbocycles. The van der Waals surface area contributed by atoms with E-state index in [-0.39, 0.29) is 22.3 Å². The number of rotatable bonds is 5. The van der Waals surface area contributed by atoms with Crippen molar-refractivity contribution in [1.82, 2.24) is 10.6 Å². The molecular weight excluding hydrogens is 468 g/mol. The van der Waals surface area contributed by atoms with Crippen molar-refractivity contribution in [1.29, 1.82) is 0 Å². The highest BCUT2D eigenvalue weighted by Crippen LogP contribution is 2.38. The van der Waals surface area contributed by atoms with Crippen LogP contribution in [0.15, 0.2) is 46.4 Å². The average Bonchev–Trinajstić information content (AvgIpc) is 2.64. The Hall–Kier alpha value is -2.42. The van der Waals surface area contributed by atoms with Gasteiger partial charge in [0, 0.05) is 10.0 Å². The summed E-state index contributed by atoms with van der Waals surface area (Å²) >= 11 is 14.6. The number of thiocarbonyl (C=S) groups is 1. The molecule has 28 heavy (non-hydrogen) atoms. The number of ether oxygens (including phenoxy) is 2. The van der Waals surface area contributed by atoms with Crippen LogP contribution in [0.25, 0.3) is 6.08 Å². The van der Waals surface area contributed by atoms with Crippen molar-refractivity contribution in [2.75, 3.05) is 7.11 Å². The summed E-state index contributed by atoms with van der Waals surface area (Å²) in [7, 11) is 1.48. The minimum atomic E-state index is -0.585. The van der Waals surface area contributed by atoms with E-state index in [0.717, 1.165) is 10.0 Å². The molecule has 1 fully saturated rings. The van der Waals surface area contributed by atoms with E-state index >= 15 is 0 Å². The van der Waals surface area contributed by atoms with E-state index in [9.17, 15) is 9.59 Å². The predicted molar refractivity (Wildman–Crippen MR) is 113 cm³/mol. The number of carbonyl (C=O) groups is 2. The molecule has 6 nitrogen and oxygen atoms in total. The molecule has 0 saturated carbocycles. The van der Waals surface area contributed by atoms with Crippen LogP contribution in [0, 0.1) is 0 Å². The Morgan fingerprint density at radius 1 is 1.18 bits per heavy atom. The molecule has 2 aromatic rings. The van der Waals surface area contributed by atoms with Gasteiger partial charge in [-0.05, 0) is 42.1 Å². The van der Waals surface area contributed by atoms with E-state index in [1.54, 1.807) is 12.1 Å². The van der Waals surface area contributed by atoms with E-state index in [2.05, 4.69) is 26.6 Å². The van der Waals surface area contributed by atoms with Crippen molar-refractivity contribution < 1.29 is 19.1 Å². The molecule has 144 valence electrons. The Balaban J connectivity index is 1.88. The molecule has 2 amide bonds. The van der Waals surface area contributed by atoms with Crippen LogP contribution in [-0.4, -0.2) is 24.0 Å². The molecule has 0 radical (unpaired) electrons. The molecule has 3 rings (SSSR count). The molecule has 0 atom stereocenters. The largest absolute Gasteiger partial charge is 0.493 e. The maximum absolute atomic E-state index is 12.0. The lowest BCUT2D eigenvalue weighted by molar-refractivity contribution is -0.123. The molecule has 0 aromatic heterocycles. The highest BCUT2D eigenvalue weighted by molar-refractivity contribution is 9.10. The maximum Gasteiger partial charge on any atom is 0.263 e. The van der Waals surface area contributed by atoms with Crippen LogP contribution in [0.1, 0.15) is 11.1 Å². The lowest BCUT2D eigenvalue weighted by Gasteiger charge is -2.17. The van der Waals surface area contributed by atoms with Gasteiger partial charge in [0.2, 0.25) is 0 Å². The third-order valence-electron chi connectivity index (χ3n) is 3.84. The molecule has 1 aliphatic heterocycles. The molecule has 0 unspecified atom stereocenters. The zero-order valence-corrected chi connectivity index (χ0v) is 17.7. The van der Waals surface area contributed by atoms with Crippen LogP contribution < -0.4 is 20.1 Å². The van der Waals surface area contributed by atoms with Crippen molar-refractivity contribution in [2.45, 2.75) is 6.61 Å². The first-order valence-corrected chi connectivity index (χ1v) is 9.59. The van der Waals surface area contributed by atoms with Crippen molar-refractivity contribution in [3.63, 3.8) is 0 Å². The van der Waals surface area contributed by atoms with Gasteiger partial charge < -0.3 is 9.47 Å². The number of carbonyl (C=O) groups excluding carboxylic acids is 2. The second kappa shape index (κ2) is 8.72. The van der Waals surface area contributed by atoms with Gasteiger partial charge in [-0.25, -0.2) is 0 Å². The molecule has 9 heteroatoms. The highest BCUT2D eigenvalue weighted by Gasteiger charge is 2.26. The molecule has 0 spiro atoms. The Bertz CT molecular complexity index is 987. The van der Waals surface area contributed by atoms with Gasteiger partial charge >= 0.3 is 0 Å². The van der Waals surface area contributed by atoms with E-state index in [0.29, 0.717) is 17.1 Å². The molecule has 1 heterocycles. The second-order valence-corrected chi connectivity index (χ2v) is 7.38. The van der Waals surface area contributed by atoms with Crippen LogP contribution in [0.5, 0.6) is 11.5 Å². The zero-order chi connectivity index (χ0) is 20.3. The molecule has 2 N–H and O–H groups in total. The van der Waals surface area contributed by atoms with Crippen molar-refractivity contribution in [3.05, 3.63) is 62.6 Å². The summed E-state index contributed by atoms with van der Waals surface area (Å²) < 4.78 is 12.1. The molecule has 1 aliphatic rings. The standard InChI is InChI=1S/C19H14BrClN2O4S/c1-26-15-8-10(6-12-17(24)22-19(28)23-18(12)25)7-14(21)16(15)27-9-11-4-2-3-5-13(11)20/h2-8H,9H2,1H3,(H2,22,23,24,25,28). The summed E-state index contributed by atoms with van der Waals surface area (Å²) in [5.41, 5.74) is 1.36. The van der Waals surface area contributed by atoms with E-state index < -0.39 is 11.8 Å². The summed E-state index contributed by atoms with van der Waals surface area (Å²) in [6.07, 6.45) is 1.40. The SMILES string of the molecule is COc1cc(C=C2C(=O)NC(=S)NC2=O)cc(Cl)c1OCc1ccccc1Br. The van der Waals surface area contributed by atoms with E-state index in [1.165, 1.54) is 13.2 Å². The maximum atomic E-state index is 12.0. The first kappa shape index (κ1) is 20.3. The quantitative estimate of drug-likeness (QED) is 0.388. The van der Waals surface area contributed by atoms with Crippen LogP contribution in [0.4, 0.5) is 0 Å². The predicted octanol–water partition coefficient (Wildman–Crippen LogP) is 3.60. The summed E-state index contributed by atoms with van der Waals surface area (Å²) in [4.78, 5) is 24.0. The Morgan fingerprint density at radius 3 is 2.50 bits per heavy atom. The number of benzene rings is 2. The van der Waals surface area contributed by atoms with E-state index in [1.807, 2.05) is 24.3 Å². The fourth-order valence-corrected chi connectivity index (χ4v) is 3.36. The van der Waals surface area contributed by atoms with Crippen molar-refractivity contribution >= 4 is 62.8 Å². The summed E-state index contributed by atoms with van der Waals surface area (Å²) in [5, 5.41) is 5.01. The lowest BCUT2D eigenvalue weighted by Crippen LogP contribution is -2.51. The van der Waals surface area contributed by atoms with Crippen LogP contribution in [-0.2, 0) is 16.2 Å². The van der Waals surface area contributed by atoms with Gasteiger partial charge in [0.15, 0.2) is 16.6 Å². The van der Waals surface area contributed by atoms with Gasteiger partial charge in [-0.2, -0.15) is 0 Å². The normalized spacial score (nSPS) is 13.7. The minimum Gasteiger partial charge on any atom is -0.493 e. The van der Waals surface area contributed by atoms with Crippen molar-refractivity contribution in [3.8, 4) is 11.5 Å². The Morgan fingerprint density at radius 2 is 1.86 bits per heavy atom. The van der Waals surface area contributed by atoms with E-state index in [4.69, 9.17) is 33.3 Å². The molecular formula is C19H14BrClN2O4S. The van der Waals surface area contributed by atoms with Gasteiger partial charge in [-0.3, -0.25) is 20.2 Å². The minimum absolute atomic E-state index is 0.0291. The smallest absolute Gasteiger partial charge is 0.263 e. The fourth-order valence-electron chi connectivity index (χ4n) is 2.50. The fraction of sp³-hybridized carbons (Fsp3) is 0.105. The number of methoxy groups -OCH3 is 1. The summed E-state index contributed by atoms with van der Waals surface area (Å²) in [6, 6.07) is 10.9. The number of hydrogen-bond acceptors (Lipinski definition) is 5. The van der Waals surface area contributed by atoms with Crippen LogP contribution in [0.2, 0.25) is 5.02 Å². The molecule has 0 bridgehead atoms. The lowest BCUT2D eigenvalue weighted by atomic mass is 10.1. The first-order valence-electron chi connectivity index (χ1n) is 8.01. The average molecular weight is 482 g/mol. The number of amides is 2. The van der Waals surface area contributed by atoms with Crippen LogP contribution in [0.3, 0.4) is 0 Å². The van der Waals surface area contributed by atoms with Crippen molar-refractivity contribution in [2.24, 2.45) is 0 Å².